The Bertz CT molecular complexity index is 1150. The van der Waals surface area contributed by atoms with Crippen molar-refractivity contribution in [2.45, 2.75) is 104 Å². The van der Waals surface area contributed by atoms with Crippen molar-refractivity contribution in [1.82, 2.24) is 0 Å². The van der Waals surface area contributed by atoms with Crippen LogP contribution in [0.2, 0.25) is 0 Å². The Kier molecular flexibility index (Phi) is 13.0. The molecule has 0 heterocycles. The van der Waals surface area contributed by atoms with Crippen molar-refractivity contribution in [3.05, 3.63) is 58.7 Å². The molecule has 1 fully saturated rings. The Hall–Kier alpha value is -3.31. The third-order valence-corrected chi connectivity index (χ3v) is 8.58. The first-order chi connectivity index (χ1) is 19.5. The minimum Gasteiger partial charge on any atom is -0.494 e. The third-order valence-electron chi connectivity index (χ3n) is 8.58. The van der Waals surface area contributed by atoms with E-state index in [1.807, 2.05) is 6.07 Å². The van der Waals surface area contributed by atoms with Crippen molar-refractivity contribution < 1.29 is 14.3 Å². The average Bonchev–Trinajstić information content (AvgIpc) is 2.99. The van der Waals surface area contributed by atoms with Crippen molar-refractivity contribution in [3.63, 3.8) is 0 Å². The summed E-state index contributed by atoms with van der Waals surface area (Å²) in [5, 5.41) is 19.7. The Balaban J connectivity index is 1.55. The molecule has 0 saturated heterocycles. The topological polar surface area (TPSA) is 83.1 Å². The minimum absolute atomic E-state index is 0.130. The standard InChI is InChI=1S/C35H46N2O3/c1-4-6-7-10-27-11-13-28(14-12-27)15-16-29-19-22-34(33(25-37)32(29)24-36)40-35(38)30-17-20-31(21-18-30)39-23-8-9-26(3)5-2/h17-22,26-28H,4-16,23H2,1-3H3. The van der Waals surface area contributed by atoms with Crippen LogP contribution in [-0.2, 0) is 6.42 Å². The molecule has 3 rings (SSSR count). The maximum absolute atomic E-state index is 12.8. The summed E-state index contributed by atoms with van der Waals surface area (Å²) < 4.78 is 11.4. The zero-order valence-electron chi connectivity index (χ0n) is 24.7. The molecule has 0 N–H and O–H groups in total. The van der Waals surface area contributed by atoms with Crippen molar-refractivity contribution in [1.29, 1.82) is 10.5 Å². The van der Waals surface area contributed by atoms with E-state index in [1.165, 1.54) is 57.8 Å². The fourth-order valence-corrected chi connectivity index (χ4v) is 5.68. The van der Waals surface area contributed by atoms with Gasteiger partial charge in [0.15, 0.2) is 0 Å². The Morgan fingerprint density at radius 2 is 1.57 bits per heavy atom. The second-order valence-electron chi connectivity index (χ2n) is 11.5. The molecule has 1 unspecified atom stereocenters. The molecular weight excluding hydrogens is 496 g/mol. The van der Waals surface area contributed by atoms with Crippen LogP contribution in [0.4, 0.5) is 0 Å². The highest BCUT2D eigenvalue weighted by Crippen LogP contribution is 2.35. The Morgan fingerprint density at radius 1 is 0.900 bits per heavy atom. The molecule has 1 saturated carbocycles. The van der Waals surface area contributed by atoms with Gasteiger partial charge in [0.2, 0.25) is 0 Å². The summed E-state index contributed by atoms with van der Waals surface area (Å²) in [6, 6.07) is 14.7. The van der Waals surface area contributed by atoms with Crippen LogP contribution in [0.5, 0.6) is 11.5 Å². The predicted molar refractivity (Wildman–Crippen MR) is 159 cm³/mol. The lowest BCUT2D eigenvalue weighted by molar-refractivity contribution is 0.0734. The molecule has 0 aromatic heterocycles. The molecule has 5 heteroatoms. The fourth-order valence-electron chi connectivity index (χ4n) is 5.68. The van der Waals surface area contributed by atoms with E-state index >= 15 is 0 Å². The van der Waals surface area contributed by atoms with Crippen molar-refractivity contribution >= 4 is 5.97 Å². The number of aryl methyl sites for hydroxylation is 1. The van der Waals surface area contributed by atoms with Gasteiger partial charge in [0.25, 0.3) is 0 Å². The number of nitrogens with zero attached hydrogens (tertiary/aromatic N) is 2. The van der Waals surface area contributed by atoms with Gasteiger partial charge in [0.05, 0.1) is 17.7 Å². The number of carbonyl (C=O) groups excluding carboxylic acids is 1. The van der Waals surface area contributed by atoms with Gasteiger partial charge < -0.3 is 9.47 Å². The van der Waals surface area contributed by atoms with Crippen LogP contribution in [-0.4, -0.2) is 12.6 Å². The van der Waals surface area contributed by atoms with Gasteiger partial charge in [0.1, 0.15) is 29.2 Å². The number of nitriles is 2. The molecule has 1 aliphatic carbocycles. The number of unbranched alkanes of at least 4 members (excludes halogenated alkanes) is 2. The zero-order chi connectivity index (χ0) is 28.7. The van der Waals surface area contributed by atoms with Crippen LogP contribution in [0.25, 0.3) is 0 Å². The molecule has 0 radical (unpaired) electrons. The highest BCUT2D eigenvalue weighted by molar-refractivity contribution is 5.91. The van der Waals surface area contributed by atoms with Gasteiger partial charge in [-0.1, -0.05) is 84.6 Å². The van der Waals surface area contributed by atoms with Crippen LogP contribution in [0.3, 0.4) is 0 Å². The summed E-state index contributed by atoms with van der Waals surface area (Å²) in [6.07, 6.45) is 15.5. The lowest BCUT2D eigenvalue weighted by Gasteiger charge is -2.28. The van der Waals surface area contributed by atoms with Gasteiger partial charge in [-0.2, -0.15) is 10.5 Å². The number of ether oxygens (including phenoxy) is 2. The zero-order valence-corrected chi connectivity index (χ0v) is 24.7. The van der Waals surface area contributed by atoms with Crippen LogP contribution < -0.4 is 9.47 Å². The molecule has 2 aromatic carbocycles. The summed E-state index contributed by atoms with van der Waals surface area (Å²) in [4.78, 5) is 12.8. The number of carbonyl (C=O) groups is 1. The Labute approximate surface area is 241 Å². The normalized spacial score (nSPS) is 17.4. The molecule has 0 bridgehead atoms. The van der Waals surface area contributed by atoms with Gasteiger partial charge in [-0.3, -0.25) is 0 Å². The average molecular weight is 543 g/mol. The summed E-state index contributed by atoms with van der Waals surface area (Å²) in [6.45, 7) is 7.33. The Morgan fingerprint density at radius 3 is 2.20 bits per heavy atom. The molecule has 1 aliphatic rings. The van der Waals surface area contributed by atoms with Gasteiger partial charge in [-0.15, -0.1) is 0 Å². The number of rotatable bonds is 15. The van der Waals surface area contributed by atoms with Crippen LogP contribution in [0, 0.1) is 40.4 Å². The molecule has 40 heavy (non-hydrogen) atoms. The molecule has 0 aliphatic heterocycles. The summed E-state index contributed by atoms with van der Waals surface area (Å²) in [5.74, 6) is 2.51. The molecular formula is C35H46N2O3. The minimum atomic E-state index is -0.563. The van der Waals surface area contributed by atoms with E-state index in [2.05, 4.69) is 32.9 Å². The van der Waals surface area contributed by atoms with E-state index in [0.717, 1.165) is 37.2 Å². The second kappa shape index (κ2) is 16.7. The van der Waals surface area contributed by atoms with E-state index in [0.29, 0.717) is 35.3 Å². The molecule has 0 spiro atoms. The number of hydrogen-bond acceptors (Lipinski definition) is 5. The largest absolute Gasteiger partial charge is 0.494 e. The van der Waals surface area contributed by atoms with E-state index in [1.54, 1.807) is 30.3 Å². The van der Waals surface area contributed by atoms with Crippen molar-refractivity contribution in [2.75, 3.05) is 6.61 Å². The molecule has 1 atom stereocenters. The maximum atomic E-state index is 12.8. The first-order valence-corrected chi connectivity index (χ1v) is 15.4. The van der Waals surface area contributed by atoms with Crippen LogP contribution >= 0.6 is 0 Å². The lowest BCUT2D eigenvalue weighted by atomic mass is 9.77. The molecule has 0 amide bonds. The van der Waals surface area contributed by atoms with Crippen molar-refractivity contribution in [3.8, 4) is 23.6 Å². The fraction of sp³-hybridized carbons (Fsp3) is 0.571. The van der Waals surface area contributed by atoms with Crippen LogP contribution in [0.1, 0.15) is 125 Å². The number of esters is 1. The monoisotopic (exact) mass is 542 g/mol. The van der Waals surface area contributed by atoms with Gasteiger partial charge in [0, 0.05) is 0 Å². The van der Waals surface area contributed by atoms with Gasteiger partial charge >= 0.3 is 5.97 Å². The number of hydrogen-bond donors (Lipinski definition) is 0. The lowest BCUT2D eigenvalue weighted by Crippen LogP contribution is -2.15. The first kappa shape index (κ1) is 31.2. The predicted octanol–water partition coefficient (Wildman–Crippen LogP) is 9.17. The molecule has 5 nitrogen and oxygen atoms in total. The summed E-state index contributed by atoms with van der Waals surface area (Å²) >= 11 is 0. The first-order valence-electron chi connectivity index (χ1n) is 15.4. The maximum Gasteiger partial charge on any atom is 0.343 e. The smallest absolute Gasteiger partial charge is 0.343 e. The van der Waals surface area contributed by atoms with E-state index < -0.39 is 5.97 Å². The summed E-state index contributed by atoms with van der Waals surface area (Å²) in [5.41, 5.74) is 1.68. The van der Waals surface area contributed by atoms with Crippen LogP contribution in [0.15, 0.2) is 36.4 Å². The highest BCUT2D eigenvalue weighted by atomic mass is 16.5. The summed E-state index contributed by atoms with van der Waals surface area (Å²) in [7, 11) is 0. The highest BCUT2D eigenvalue weighted by Gasteiger charge is 2.22. The SMILES string of the molecule is CCCCCC1CCC(CCc2ccc(OC(=O)c3ccc(OCCCC(C)CC)cc3)c(C#N)c2C#N)CC1. The third kappa shape index (κ3) is 9.41. The van der Waals surface area contributed by atoms with E-state index in [9.17, 15) is 15.3 Å². The van der Waals surface area contributed by atoms with E-state index in [-0.39, 0.29) is 11.3 Å². The molecule has 214 valence electrons. The quantitative estimate of drug-likeness (QED) is 0.127. The van der Waals surface area contributed by atoms with Crippen molar-refractivity contribution in [2.24, 2.45) is 17.8 Å². The molecule has 2 aromatic rings. The second-order valence-corrected chi connectivity index (χ2v) is 11.5. The van der Waals surface area contributed by atoms with Gasteiger partial charge in [-0.05, 0) is 79.3 Å². The number of benzene rings is 2. The van der Waals surface area contributed by atoms with Gasteiger partial charge in [-0.25, -0.2) is 4.79 Å². The van der Waals surface area contributed by atoms with E-state index in [4.69, 9.17) is 9.47 Å².